The average Bonchev–Trinajstić information content (AvgIpc) is 2.82. The Morgan fingerprint density at radius 2 is 1.43 bits per heavy atom. The molecule has 0 amide bonds. The molecule has 0 fully saturated rings. The number of halogens is 4. The number of aliphatic carboxylic acids is 1. The van der Waals surface area contributed by atoms with Gasteiger partial charge in [-0.2, -0.15) is 0 Å². The van der Waals surface area contributed by atoms with Crippen molar-refractivity contribution in [3.63, 3.8) is 0 Å². The molecule has 0 aromatic heterocycles. The first-order valence-corrected chi connectivity index (χ1v) is 12.0. The number of rotatable bonds is 10. The number of benzene rings is 2. The zero-order chi connectivity index (χ0) is 25.9. The fraction of sp³-hybridized carbons (Fsp3) is 0.375. The van der Waals surface area contributed by atoms with Crippen LogP contribution in [-0.2, 0) is 29.6 Å². The van der Waals surface area contributed by atoms with Gasteiger partial charge < -0.3 is 19.3 Å². The molecule has 0 radical (unpaired) electrons. The summed E-state index contributed by atoms with van der Waals surface area (Å²) in [6.07, 6.45) is 0.0249. The van der Waals surface area contributed by atoms with Crippen molar-refractivity contribution in [2.75, 3.05) is 21.3 Å². The number of methoxy groups -OCH3 is 3. The van der Waals surface area contributed by atoms with Crippen molar-refractivity contribution in [2.45, 2.75) is 38.9 Å². The maximum atomic E-state index is 13.4. The zero-order valence-electron chi connectivity index (χ0n) is 18.7. The summed E-state index contributed by atoms with van der Waals surface area (Å²) >= 11 is 3.99. The van der Waals surface area contributed by atoms with E-state index in [1.165, 1.54) is 45.6 Å². The second-order valence-electron chi connectivity index (χ2n) is 6.80. The Bertz CT molecular complexity index is 1010. The number of ether oxygens (including phenoxy) is 3. The number of hydrogen-bond donors (Lipinski definition) is 1. The summed E-state index contributed by atoms with van der Waals surface area (Å²) in [6, 6.07) is 8.23. The molecule has 2 aromatic carbocycles. The Morgan fingerprint density at radius 1 is 0.886 bits per heavy atom. The Hall–Kier alpha value is -1.71. The van der Waals surface area contributed by atoms with Gasteiger partial charge in [0.05, 0.1) is 20.0 Å². The van der Waals surface area contributed by atoms with Crippen LogP contribution in [-0.4, -0.2) is 44.2 Å². The summed E-state index contributed by atoms with van der Waals surface area (Å²) in [5.41, 5.74) is 0.804. The van der Waals surface area contributed by atoms with Crippen LogP contribution in [0.5, 0.6) is 0 Å². The highest BCUT2D eigenvalue weighted by atomic mass is 127. The minimum absolute atomic E-state index is 0. The summed E-state index contributed by atoms with van der Waals surface area (Å²) in [5.74, 6) is -3.78. The molecular weight excluding hydrogens is 692 g/mol. The second kappa shape index (κ2) is 16.1. The smallest absolute Gasteiger partial charge is 0.305 e. The molecule has 1 N–H and O–H groups in total. The number of ketones is 1. The van der Waals surface area contributed by atoms with Gasteiger partial charge >= 0.3 is 11.9 Å². The van der Waals surface area contributed by atoms with Gasteiger partial charge in [-0.25, -0.2) is 8.78 Å². The maximum Gasteiger partial charge on any atom is 0.305 e. The van der Waals surface area contributed by atoms with Crippen LogP contribution in [0.4, 0.5) is 8.78 Å². The minimum Gasteiger partial charge on any atom is -0.481 e. The van der Waals surface area contributed by atoms with E-state index in [9.17, 15) is 23.2 Å². The van der Waals surface area contributed by atoms with Crippen LogP contribution in [0, 0.1) is 18.8 Å². The van der Waals surface area contributed by atoms with Crippen LogP contribution in [0.1, 0.15) is 49.0 Å². The molecule has 0 atom stereocenters. The molecule has 0 spiro atoms. The highest BCUT2D eigenvalue weighted by Crippen LogP contribution is 2.34. The monoisotopic (exact) mass is 720 g/mol. The van der Waals surface area contributed by atoms with Crippen molar-refractivity contribution in [1.29, 1.82) is 0 Å². The topological polar surface area (TPSA) is 99.1 Å². The molecule has 194 valence electrons. The van der Waals surface area contributed by atoms with Crippen molar-refractivity contribution in [3.8, 4) is 0 Å². The SMILES string of the molecule is C.COC(=O)CCC(OC)(OC)c1cc(F)ccc1I.O=C(O)CCC(=O)c1cc(F)ccc1I. The van der Waals surface area contributed by atoms with E-state index in [1.54, 1.807) is 6.07 Å². The highest BCUT2D eigenvalue weighted by Gasteiger charge is 2.35. The Kier molecular flexibility index (Phi) is 15.3. The summed E-state index contributed by atoms with van der Waals surface area (Å²) < 4.78 is 43.1. The van der Waals surface area contributed by atoms with Gasteiger partial charge in [0.25, 0.3) is 0 Å². The molecular formula is C24H28F2I2O7. The lowest BCUT2D eigenvalue weighted by atomic mass is 10.00. The fourth-order valence-electron chi connectivity index (χ4n) is 2.87. The summed E-state index contributed by atoms with van der Waals surface area (Å²) in [6.45, 7) is 0. The van der Waals surface area contributed by atoms with E-state index in [4.69, 9.17) is 14.6 Å². The normalized spacial score (nSPS) is 10.5. The van der Waals surface area contributed by atoms with E-state index in [0.29, 0.717) is 9.13 Å². The molecule has 2 rings (SSSR count). The van der Waals surface area contributed by atoms with E-state index in [0.717, 1.165) is 9.64 Å². The quantitative estimate of drug-likeness (QED) is 0.140. The van der Waals surface area contributed by atoms with E-state index in [2.05, 4.69) is 27.3 Å². The van der Waals surface area contributed by atoms with E-state index in [1.807, 2.05) is 22.6 Å². The zero-order valence-corrected chi connectivity index (χ0v) is 23.0. The summed E-state index contributed by atoms with van der Waals surface area (Å²) in [4.78, 5) is 33.0. The Morgan fingerprint density at radius 3 is 1.94 bits per heavy atom. The van der Waals surface area contributed by atoms with Crippen molar-refractivity contribution in [3.05, 3.63) is 66.3 Å². The van der Waals surface area contributed by atoms with E-state index in [-0.39, 0.29) is 56.2 Å². The number of carbonyl (C=O) groups is 3. The molecule has 0 saturated carbocycles. The predicted octanol–water partition coefficient (Wildman–Crippen LogP) is 5.94. The molecule has 0 saturated heterocycles. The van der Waals surface area contributed by atoms with Gasteiger partial charge in [0.1, 0.15) is 11.6 Å². The van der Waals surface area contributed by atoms with Gasteiger partial charge in [-0.3, -0.25) is 14.4 Å². The predicted molar refractivity (Wildman–Crippen MR) is 143 cm³/mol. The molecule has 11 heteroatoms. The largest absolute Gasteiger partial charge is 0.481 e. The van der Waals surface area contributed by atoms with Crippen LogP contribution in [0.25, 0.3) is 0 Å². The van der Waals surface area contributed by atoms with Gasteiger partial charge in [-0.05, 0) is 81.6 Å². The minimum atomic E-state index is -1.16. The van der Waals surface area contributed by atoms with Crippen LogP contribution < -0.4 is 0 Å². The lowest BCUT2D eigenvalue weighted by Crippen LogP contribution is -2.33. The maximum absolute atomic E-state index is 13.4. The highest BCUT2D eigenvalue weighted by molar-refractivity contribution is 14.1. The van der Waals surface area contributed by atoms with Crippen LogP contribution in [0.15, 0.2) is 36.4 Å². The standard InChI is InChI=1S/C13H16FIO4.C10H8FIO3.CH4/c1-17-12(16)6-7-13(18-2,19-3)10-8-9(14)4-5-11(10)15;11-6-1-2-8(12)7(5-6)9(13)3-4-10(14)15;/h4-5,8H,6-7H2,1-3H3;1-2,5H,3-4H2,(H,14,15);1H4. The van der Waals surface area contributed by atoms with E-state index >= 15 is 0 Å². The fourth-order valence-corrected chi connectivity index (χ4v) is 4.25. The lowest BCUT2D eigenvalue weighted by molar-refractivity contribution is -0.222. The molecule has 2 aromatic rings. The van der Waals surface area contributed by atoms with Gasteiger partial charge in [0, 0.05) is 45.3 Å². The number of carboxylic acid groups (broad SMARTS) is 1. The van der Waals surface area contributed by atoms with Gasteiger partial charge in [-0.15, -0.1) is 0 Å². The Balaban J connectivity index is 0.000000659. The van der Waals surface area contributed by atoms with Crippen LogP contribution >= 0.6 is 45.2 Å². The van der Waals surface area contributed by atoms with Crippen molar-refractivity contribution >= 4 is 62.9 Å². The third kappa shape index (κ3) is 10.4. The van der Waals surface area contributed by atoms with Gasteiger partial charge in [0.15, 0.2) is 11.6 Å². The molecule has 0 heterocycles. The number of carbonyl (C=O) groups excluding carboxylic acids is 2. The first kappa shape index (κ1) is 33.3. The van der Waals surface area contributed by atoms with Crippen molar-refractivity contribution < 1.29 is 42.5 Å². The van der Waals surface area contributed by atoms with Crippen molar-refractivity contribution in [2.24, 2.45) is 0 Å². The molecule has 35 heavy (non-hydrogen) atoms. The molecule has 0 aliphatic carbocycles. The average molecular weight is 720 g/mol. The van der Waals surface area contributed by atoms with Crippen LogP contribution in [0.3, 0.4) is 0 Å². The molecule has 0 unspecified atom stereocenters. The first-order valence-electron chi connectivity index (χ1n) is 9.82. The number of hydrogen-bond acceptors (Lipinski definition) is 6. The van der Waals surface area contributed by atoms with E-state index < -0.39 is 17.6 Å². The molecule has 0 aliphatic rings. The first-order chi connectivity index (χ1) is 16.0. The third-order valence-electron chi connectivity index (χ3n) is 4.68. The van der Waals surface area contributed by atoms with Crippen LogP contribution in [0.2, 0.25) is 0 Å². The van der Waals surface area contributed by atoms with Gasteiger partial charge in [-0.1, -0.05) is 7.43 Å². The third-order valence-corrected chi connectivity index (χ3v) is 6.56. The number of Topliss-reactive ketones (excluding diaryl/α,β-unsaturated/α-hetero) is 1. The number of esters is 1. The molecule has 0 bridgehead atoms. The molecule has 0 aliphatic heterocycles. The van der Waals surface area contributed by atoms with Crippen molar-refractivity contribution in [1.82, 2.24) is 0 Å². The second-order valence-corrected chi connectivity index (χ2v) is 9.13. The molecule has 7 nitrogen and oxygen atoms in total. The summed E-state index contributed by atoms with van der Waals surface area (Å²) in [7, 11) is 4.24. The summed E-state index contributed by atoms with van der Waals surface area (Å²) in [5, 5.41) is 8.40. The van der Waals surface area contributed by atoms with Gasteiger partial charge in [0.2, 0.25) is 0 Å². The number of carboxylic acids is 1. The Labute approximate surface area is 230 Å². The lowest BCUT2D eigenvalue weighted by Gasteiger charge is -2.32.